The van der Waals surface area contributed by atoms with Crippen molar-refractivity contribution in [1.29, 1.82) is 0 Å². The Morgan fingerprint density at radius 3 is 1.57 bits per heavy atom. The van der Waals surface area contributed by atoms with Crippen LogP contribution >= 0.6 is 15.9 Å². The molecule has 0 aliphatic heterocycles. The van der Waals surface area contributed by atoms with Crippen LogP contribution in [0.15, 0.2) is 229 Å². The zero-order chi connectivity index (χ0) is 44.7. The maximum Gasteiger partial charge on any atom is 0.179 e. The van der Waals surface area contributed by atoms with E-state index in [1.54, 1.807) is 4.57 Å². The highest BCUT2D eigenvalue weighted by molar-refractivity contribution is 9.10. The molecule has 0 radical (unpaired) electrons. The van der Waals surface area contributed by atoms with E-state index < -0.39 is 20.2 Å². The third-order valence-electron chi connectivity index (χ3n) is 11.3. The molecule has 11 aromatic rings. The fraction of sp³-hybridized carbons (Fsp3) is 0. The van der Waals surface area contributed by atoms with Crippen molar-refractivity contribution in [1.82, 2.24) is 9.13 Å². The average Bonchev–Trinajstić information content (AvgIpc) is 3.88. The lowest BCUT2D eigenvalue weighted by molar-refractivity contribution is 1.13. The second kappa shape index (κ2) is 14.0. The fourth-order valence-electron chi connectivity index (χ4n) is 8.83. The Balaban J connectivity index is 1.36. The molecule has 274 valence electrons. The molecule has 0 aliphatic rings. The van der Waals surface area contributed by atoms with Crippen LogP contribution in [0.1, 0.15) is 9.60 Å². The van der Waals surface area contributed by atoms with Gasteiger partial charge in [0.1, 0.15) is 0 Å². The summed E-state index contributed by atoms with van der Waals surface area (Å²) in [4.78, 5) is 0. The summed E-state index contributed by atoms with van der Waals surface area (Å²) < 4.78 is 72.7. The molecule has 0 amide bonds. The normalized spacial score (nSPS) is 13.6. The van der Waals surface area contributed by atoms with E-state index in [1.165, 1.54) is 0 Å². The Kier molecular flexibility index (Phi) is 6.73. The van der Waals surface area contributed by atoms with Crippen LogP contribution in [0.5, 0.6) is 0 Å². The Morgan fingerprint density at radius 2 is 0.914 bits per heavy atom. The van der Waals surface area contributed by atoms with Crippen LogP contribution in [-0.2, 0) is 0 Å². The largest absolute Gasteiger partial charge is 0.309 e. The van der Waals surface area contributed by atoms with Gasteiger partial charge in [-0.25, -0.2) is 0 Å². The molecule has 0 bridgehead atoms. The van der Waals surface area contributed by atoms with Crippen molar-refractivity contribution in [2.45, 2.75) is 0 Å². The number of hydrogen-bond acceptors (Lipinski definition) is 0. The number of para-hydroxylation sites is 2. The SMILES string of the molecule is [2H]c1c([2H])c([2H])c2c(c1[2H])c1c([2H])c([2H])c([Si](c3ccccc3)(c3ccccc3)c3ccccc3)c([2H])c1n2-c1cc(-c2ccccc2)cc(-n2c3ccccc3c3ccc(Br)cc32)c1. The highest BCUT2D eigenvalue weighted by atomic mass is 79.9. The maximum atomic E-state index is 10.7. The van der Waals surface area contributed by atoms with Crippen LogP contribution in [0.2, 0.25) is 0 Å². The molecule has 58 heavy (non-hydrogen) atoms. The van der Waals surface area contributed by atoms with Crippen molar-refractivity contribution in [2.24, 2.45) is 0 Å². The molecular formula is C54H37BrN2Si. The first kappa shape index (κ1) is 27.8. The molecule has 0 aliphatic carbocycles. The van der Waals surface area contributed by atoms with Gasteiger partial charge in [0.15, 0.2) is 8.07 Å². The quantitative estimate of drug-likeness (QED) is 0.112. The van der Waals surface area contributed by atoms with E-state index in [1.807, 2.05) is 115 Å². The number of fused-ring (bicyclic) bond motifs is 6. The van der Waals surface area contributed by atoms with E-state index in [4.69, 9.17) is 2.74 Å². The average molecular weight is 829 g/mol. The van der Waals surface area contributed by atoms with E-state index in [0.717, 1.165) is 58.7 Å². The lowest BCUT2D eigenvalue weighted by Crippen LogP contribution is -2.74. The lowest BCUT2D eigenvalue weighted by Gasteiger charge is -2.34. The Bertz CT molecular complexity index is 3590. The van der Waals surface area contributed by atoms with E-state index in [2.05, 4.69) is 87.2 Å². The Morgan fingerprint density at radius 1 is 0.379 bits per heavy atom. The summed E-state index contributed by atoms with van der Waals surface area (Å²) in [5.41, 5.74) is 5.40. The molecule has 0 unspecified atom stereocenters. The molecule has 0 saturated heterocycles. The van der Waals surface area contributed by atoms with Crippen molar-refractivity contribution in [3.8, 4) is 22.5 Å². The number of aromatic nitrogens is 2. The minimum absolute atomic E-state index is 0.00949. The van der Waals surface area contributed by atoms with Crippen molar-refractivity contribution >= 4 is 88.4 Å². The first-order valence-electron chi connectivity index (χ1n) is 22.7. The number of rotatable bonds is 7. The molecule has 0 spiro atoms. The van der Waals surface area contributed by atoms with Gasteiger partial charge in [0, 0.05) is 37.4 Å². The number of halogens is 1. The molecule has 0 fully saturated rings. The van der Waals surface area contributed by atoms with E-state index >= 15 is 0 Å². The molecule has 0 N–H and O–H groups in total. The third-order valence-corrected chi connectivity index (χ3v) is 16.4. The molecule has 2 nitrogen and oxygen atoms in total. The second-order valence-corrected chi connectivity index (χ2v) is 19.1. The van der Waals surface area contributed by atoms with Crippen molar-refractivity contribution in [3.05, 3.63) is 229 Å². The molecule has 11 rings (SSSR count). The van der Waals surface area contributed by atoms with Crippen LogP contribution in [0.25, 0.3) is 66.1 Å². The van der Waals surface area contributed by atoms with Gasteiger partial charge < -0.3 is 9.13 Å². The van der Waals surface area contributed by atoms with Gasteiger partial charge in [-0.15, -0.1) is 0 Å². The van der Waals surface area contributed by atoms with Crippen molar-refractivity contribution < 1.29 is 9.60 Å². The summed E-state index contributed by atoms with van der Waals surface area (Å²) in [6.45, 7) is 0. The van der Waals surface area contributed by atoms with Crippen LogP contribution < -0.4 is 20.7 Å². The van der Waals surface area contributed by atoms with Crippen LogP contribution in [-0.4, -0.2) is 17.2 Å². The van der Waals surface area contributed by atoms with Gasteiger partial charge in [-0.05, 0) is 80.4 Å². The van der Waals surface area contributed by atoms with Crippen molar-refractivity contribution in [2.75, 3.05) is 0 Å². The lowest BCUT2D eigenvalue weighted by atomic mass is 10.0. The van der Waals surface area contributed by atoms with Crippen LogP contribution in [0.3, 0.4) is 0 Å². The summed E-state index contributed by atoms with van der Waals surface area (Å²) in [6.07, 6.45) is 0. The number of benzene rings is 9. The zero-order valence-corrected chi connectivity index (χ0v) is 33.7. The monoisotopic (exact) mass is 827 g/mol. The topological polar surface area (TPSA) is 9.86 Å². The predicted octanol–water partition coefficient (Wildman–Crippen LogP) is 11.7. The molecule has 0 saturated carbocycles. The summed E-state index contributed by atoms with van der Waals surface area (Å²) in [7, 11) is -3.63. The standard InChI is InChI=1S/C54H37BrN2Si/c55-40-29-31-49-47-25-13-15-27-51(47)56(53(49)35-40)41-33-39(38-17-5-1-6-18-38)34-42(36-41)57-52-28-16-14-26-48(52)50-32-30-46(37-54(50)57)58(43-19-7-2-8-20-43,44-21-9-3-10-22-44)45-23-11-4-12-24-45/h1-37H/i14D,16D,26D,28D,30D,32D,37D. The summed E-state index contributed by atoms with van der Waals surface area (Å²) in [6, 6.07) is 58.8. The number of nitrogens with zero attached hydrogens (tertiary/aromatic N) is 2. The summed E-state index contributed by atoms with van der Waals surface area (Å²) in [5, 5.41) is 5.54. The van der Waals surface area contributed by atoms with Gasteiger partial charge in [0.05, 0.1) is 31.7 Å². The van der Waals surface area contributed by atoms with E-state index in [9.17, 15) is 6.85 Å². The van der Waals surface area contributed by atoms with Gasteiger partial charge >= 0.3 is 0 Å². The minimum Gasteiger partial charge on any atom is -0.309 e. The highest BCUT2D eigenvalue weighted by Gasteiger charge is 2.41. The van der Waals surface area contributed by atoms with Gasteiger partial charge in [0.2, 0.25) is 0 Å². The molecule has 9 aromatic carbocycles. The first-order valence-corrected chi connectivity index (χ1v) is 22.0. The zero-order valence-electron chi connectivity index (χ0n) is 38.1. The Labute approximate surface area is 356 Å². The van der Waals surface area contributed by atoms with Gasteiger partial charge in [-0.3, -0.25) is 0 Å². The van der Waals surface area contributed by atoms with E-state index in [-0.39, 0.29) is 52.0 Å². The van der Waals surface area contributed by atoms with Crippen molar-refractivity contribution in [3.63, 3.8) is 0 Å². The number of hydrogen-bond donors (Lipinski definition) is 0. The molecule has 2 heterocycles. The Hall–Kier alpha value is -6.72. The van der Waals surface area contributed by atoms with E-state index in [0.29, 0.717) is 10.9 Å². The maximum absolute atomic E-state index is 10.7. The smallest absolute Gasteiger partial charge is 0.179 e. The van der Waals surface area contributed by atoms with Crippen LogP contribution in [0.4, 0.5) is 0 Å². The summed E-state index contributed by atoms with van der Waals surface area (Å²) >= 11 is 3.73. The summed E-state index contributed by atoms with van der Waals surface area (Å²) in [5.74, 6) is 0. The van der Waals surface area contributed by atoms with Gasteiger partial charge in [0.25, 0.3) is 0 Å². The molecular weight excluding hydrogens is 785 g/mol. The first-order chi connectivity index (χ1) is 31.6. The fourth-order valence-corrected chi connectivity index (χ4v) is 13.7. The second-order valence-electron chi connectivity index (χ2n) is 14.5. The predicted molar refractivity (Wildman–Crippen MR) is 252 cm³/mol. The van der Waals surface area contributed by atoms with Gasteiger partial charge in [-0.2, -0.15) is 0 Å². The minimum atomic E-state index is -3.63. The molecule has 2 aromatic heterocycles. The van der Waals surface area contributed by atoms with Gasteiger partial charge in [-0.1, -0.05) is 192 Å². The third kappa shape index (κ3) is 5.44. The molecule has 0 atom stereocenters. The van der Waals surface area contributed by atoms with Crippen LogP contribution in [0, 0.1) is 0 Å². The highest BCUT2D eigenvalue weighted by Crippen LogP contribution is 2.38. The molecule has 4 heteroatoms.